The summed E-state index contributed by atoms with van der Waals surface area (Å²) in [5.74, 6) is -3.17. The molecule has 28 heavy (non-hydrogen) atoms. The first-order valence-corrected chi connectivity index (χ1v) is 9.39. The number of hydrogen-bond donors (Lipinski definition) is 1. The molecule has 0 unspecified atom stereocenters. The Kier molecular flexibility index (Phi) is 5.29. The van der Waals surface area contributed by atoms with Crippen molar-refractivity contribution in [3.8, 4) is 0 Å². The zero-order valence-electron chi connectivity index (χ0n) is 16.8. The highest BCUT2D eigenvalue weighted by Crippen LogP contribution is 2.50. The SMILES string of the molecule is C=C1C[C@H](OC(=O)/C(C)=C/C)[C@H]2C(=C)C(=O)O[C@@H]2[C@H]2O[C@](O)(C1)C[C@@]2(C)OC. The maximum atomic E-state index is 12.4. The molecule has 0 radical (unpaired) electrons. The summed E-state index contributed by atoms with van der Waals surface area (Å²) >= 11 is 0. The number of carbonyl (C=O) groups excluding carboxylic acids is 2. The second-order valence-corrected chi connectivity index (χ2v) is 8.15. The molecule has 3 rings (SSSR count). The fourth-order valence-corrected chi connectivity index (χ4v) is 4.39. The highest BCUT2D eigenvalue weighted by atomic mass is 16.7. The molecule has 0 aliphatic carbocycles. The molecular weight excluding hydrogens is 364 g/mol. The van der Waals surface area contributed by atoms with E-state index in [1.165, 1.54) is 7.11 Å². The fourth-order valence-electron chi connectivity index (χ4n) is 4.39. The third-order valence-corrected chi connectivity index (χ3v) is 6.03. The fraction of sp³-hybridized carbons (Fsp3) is 0.619. The van der Waals surface area contributed by atoms with Crippen LogP contribution in [0.25, 0.3) is 0 Å². The third-order valence-electron chi connectivity index (χ3n) is 6.03. The van der Waals surface area contributed by atoms with E-state index in [1.807, 2.05) is 0 Å². The zero-order chi connectivity index (χ0) is 20.9. The number of aliphatic hydroxyl groups is 1. The lowest BCUT2D eigenvalue weighted by Crippen LogP contribution is -2.49. The van der Waals surface area contributed by atoms with Gasteiger partial charge in [0, 0.05) is 37.5 Å². The van der Waals surface area contributed by atoms with Crippen molar-refractivity contribution in [3.05, 3.63) is 36.0 Å². The molecule has 0 spiro atoms. The van der Waals surface area contributed by atoms with E-state index in [0.717, 1.165) is 0 Å². The molecule has 7 heteroatoms. The average molecular weight is 392 g/mol. The maximum Gasteiger partial charge on any atom is 0.334 e. The molecule has 0 amide bonds. The van der Waals surface area contributed by atoms with Crippen molar-refractivity contribution >= 4 is 11.9 Å². The zero-order valence-corrected chi connectivity index (χ0v) is 16.8. The van der Waals surface area contributed by atoms with Gasteiger partial charge in [-0.1, -0.05) is 24.8 Å². The Hall–Kier alpha value is -1.96. The van der Waals surface area contributed by atoms with Crippen LogP contribution in [0.15, 0.2) is 36.0 Å². The van der Waals surface area contributed by atoms with E-state index in [-0.39, 0.29) is 24.8 Å². The number of carbonyl (C=O) groups is 2. The van der Waals surface area contributed by atoms with Gasteiger partial charge in [0.25, 0.3) is 0 Å². The second kappa shape index (κ2) is 7.13. The first-order valence-electron chi connectivity index (χ1n) is 9.39. The molecule has 7 nitrogen and oxygen atoms in total. The van der Waals surface area contributed by atoms with Crippen LogP contribution >= 0.6 is 0 Å². The maximum absolute atomic E-state index is 12.4. The van der Waals surface area contributed by atoms with E-state index < -0.39 is 47.6 Å². The van der Waals surface area contributed by atoms with Gasteiger partial charge in [-0.25, -0.2) is 9.59 Å². The van der Waals surface area contributed by atoms with Crippen molar-refractivity contribution in [1.82, 2.24) is 0 Å². The van der Waals surface area contributed by atoms with Crippen LogP contribution in [0.4, 0.5) is 0 Å². The topological polar surface area (TPSA) is 91.3 Å². The minimum atomic E-state index is -1.49. The molecule has 3 saturated heterocycles. The Morgan fingerprint density at radius 3 is 2.68 bits per heavy atom. The Bertz CT molecular complexity index is 754. The summed E-state index contributed by atoms with van der Waals surface area (Å²) in [4.78, 5) is 24.8. The summed E-state index contributed by atoms with van der Waals surface area (Å²) in [7, 11) is 1.52. The van der Waals surface area contributed by atoms with Crippen LogP contribution in [-0.2, 0) is 28.5 Å². The molecule has 0 saturated carbocycles. The van der Waals surface area contributed by atoms with Crippen molar-refractivity contribution in [2.45, 2.75) is 69.7 Å². The first kappa shape index (κ1) is 20.8. The summed E-state index contributed by atoms with van der Waals surface area (Å²) in [5.41, 5.74) is 0.419. The Balaban J connectivity index is 2.04. The number of fused-ring (bicyclic) bond motifs is 4. The van der Waals surface area contributed by atoms with E-state index in [9.17, 15) is 14.7 Å². The molecule has 3 heterocycles. The minimum Gasteiger partial charge on any atom is -0.458 e. The quantitative estimate of drug-likeness (QED) is 0.447. The van der Waals surface area contributed by atoms with Gasteiger partial charge >= 0.3 is 11.9 Å². The van der Waals surface area contributed by atoms with E-state index >= 15 is 0 Å². The van der Waals surface area contributed by atoms with Gasteiger partial charge in [-0.3, -0.25) is 0 Å². The standard InChI is InChI=1S/C21H28O7/c1-7-12(3)18(22)26-14-8-11(2)9-21(24)10-20(5,25-6)17(28-21)16-15(14)13(4)19(23)27-16/h7,14-17,24H,2,4,8-10H2,1,3,5-6H3/b12-7+/t14-,15+,16-,17+,20+,21+/m0/s1. The molecule has 1 N–H and O–H groups in total. The van der Waals surface area contributed by atoms with Crippen molar-refractivity contribution < 1.29 is 33.6 Å². The number of allylic oxidation sites excluding steroid dienone is 1. The number of ether oxygens (including phenoxy) is 4. The van der Waals surface area contributed by atoms with E-state index in [4.69, 9.17) is 18.9 Å². The molecule has 6 atom stereocenters. The van der Waals surface area contributed by atoms with E-state index in [0.29, 0.717) is 11.1 Å². The van der Waals surface area contributed by atoms with Crippen LogP contribution in [0, 0.1) is 5.92 Å². The van der Waals surface area contributed by atoms with Crippen LogP contribution in [0.2, 0.25) is 0 Å². The Morgan fingerprint density at radius 2 is 2.07 bits per heavy atom. The molecule has 0 aromatic heterocycles. The van der Waals surface area contributed by atoms with Gasteiger partial charge in [0.05, 0.1) is 5.92 Å². The normalized spacial score (nSPS) is 41.0. The molecule has 2 bridgehead atoms. The Morgan fingerprint density at radius 1 is 1.39 bits per heavy atom. The largest absolute Gasteiger partial charge is 0.458 e. The number of rotatable bonds is 3. The van der Waals surface area contributed by atoms with Crippen LogP contribution in [0.1, 0.15) is 40.0 Å². The van der Waals surface area contributed by atoms with Gasteiger partial charge < -0.3 is 24.1 Å². The van der Waals surface area contributed by atoms with Crippen molar-refractivity contribution in [1.29, 1.82) is 0 Å². The summed E-state index contributed by atoms with van der Waals surface area (Å²) < 4.78 is 23.0. The van der Waals surface area contributed by atoms with Gasteiger partial charge in [-0.2, -0.15) is 0 Å². The number of methoxy groups -OCH3 is 1. The minimum absolute atomic E-state index is 0.166. The van der Waals surface area contributed by atoms with Crippen molar-refractivity contribution in [3.63, 3.8) is 0 Å². The van der Waals surface area contributed by atoms with E-state index in [1.54, 1.807) is 26.8 Å². The first-order chi connectivity index (χ1) is 13.0. The molecule has 3 fully saturated rings. The molecule has 0 aromatic rings. The second-order valence-electron chi connectivity index (χ2n) is 8.15. The number of esters is 2. The molecular formula is C21H28O7. The van der Waals surface area contributed by atoms with Crippen molar-refractivity contribution in [2.75, 3.05) is 7.11 Å². The Labute approximate surface area is 165 Å². The summed E-state index contributed by atoms with van der Waals surface area (Å²) in [6.07, 6.45) is 0.0339. The smallest absolute Gasteiger partial charge is 0.334 e. The van der Waals surface area contributed by atoms with Crippen LogP contribution in [0.3, 0.4) is 0 Å². The highest BCUT2D eigenvalue weighted by molar-refractivity contribution is 5.91. The summed E-state index contributed by atoms with van der Waals surface area (Å²) in [6.45, 7) is 13.1. The molecule has 3 aliphatic heterocycles. The van der Waals surface area contributed by atoms with Gasteiger partial charge in [-0.15, -0.1) is 0 Å². The van der Waals surface area contributed by atoms with Gasteiger partial charge in [0.15, 0.2) is 5.79 Å². The molecule has 154 valence electrons. The summed E-state index contributed by atoms with van der Waals surface area (Å²) in [5, 5.41) is 11.0. The average Bonchev–Trinajstić information content (AvgIpc) is 3.07. The highest BCUT2D eigenvalue weighted by Gasteiger charge is 2.62. The van der Waals surface area contributed by atoms with Gasteiger partial charge in [-0.05, 0) is 20.8 Å². The van der Waals surface area contributed by atoms with Crippen LogP contribution in [0.5, 0.6) is 0 Å². The molecule has 3 aliphatic rings. The third kappa shape index (κ3) is 3.43. The van der Waals surface area contributed by atoms with Crippen LogP contribution in [-0.4, -0.2) is 53.9 Å². The number of hydrogen-bond acceptors (Lipinski definition) is 7. The lowest BCUT2D eigenvalue weighted by Gasteiger charge is -2.35. The predicted octanol–water partition coefficient (Wildman–Crippen LogP) is 2.19. The van der Waals surface area contributed by atoms with E-state index in [2.05, 4.69) is 13.2 Å². The molecule has 0 aromatic carbocycles. The predicted molar refractivity (Wildman–Crippen MR) is 100 cm³/mol. The lowest BCUT2D eigenvalue weighted by molar-refractivity contribution is -0.217. The van der Waals surface area contributed by atoms with Crippen LogP contribution < -0.4 is 0 Å². The monoisotopic (exact) mass is 392 g/mol. The summed E-state index contributed by atoms with van der Waals surface area (Å²) in [6, 6.07) is 0. The van der Waals surface area contributed by atoms with Gasteiger partial charge in [0.2, 0.25) is 0 Å². The van der Waals surface area contributed by atoms with Gasteiger partial charge in [0.1, 0.15) is 23.9 Å². The van der Waals surface area contributed by atoms with Crippen molar-refractivity contribution in [2.24, 2.45) is 5.92 Å². The lowest BCUT2D eigenvalue weighted by atomic mass is 9.78.